The molecule has 4 heterocycles. The number of nitrogens with one attached hydrogen (secondary N) is 2. The minimum absolute atomic E-state index is 0.787. The van der Waals surface area contributed by atoms with Gasteiger partial charge in [0.25, 0.3) is 0 Å². The van der Waals surface area contributed by atoms with E-state index in [4.69, 9.17) is 33.2 Å². The van der Waals surface area contributed by atoms with Gasteiger partial charge in [0, 0.05) is 13.8 Å². The maximum atomic E-state index is 12.5. The predicted octanol–water partition coefficient (Wildman–Crippen LogP) is -10.1. The maximum Gasteiger partial charge on any atom is 0.217 e. The van der Waals surface area contributed by atoms with Crippen LogP contribution in [0.4, 0.5) is 0 Å². The van der Waals surface area contributed by atoms with Gasteiger partial charge in [-0.25, -0.2) is 0 Å². The molecule has 0 aromatic rings. The molecule has 15 N–H and O–H groups in total. The fraction of sp³-hybridized carbons (Fsp3) is 0.931. The second-order valence-electron chi connectivity index (χ2n) is 13.1. The molecule has 4 saturated heterocycles. The highest BCUT2D eigenvalue weighted by Crippen LogP contribution is 2.35. The van der Waals surface area contributed by atoms with Crippen LogP contribution in [0.3, 0.4) is 0 Å². The monoisotopic (exact) mass is 778 g/mol. The van der Waals surface area contributed by atoms with Crippen molar-refractivity contribution in [2.45, 2.75) is 143 Å². The lowest BCUT2D eigenvalue weighted by Crippen LogP contribution is -2.71. The van der Waals surface area contributed by atoms with Crippen molar-refractivity contribution in [3.63, 3.8) is 0 Å². The van der Waals surface area contributed by atoms with Gasteiger partial charge in [0.05, 0.1) is 26.4 Å². The molecule has 0 bridgehead atoms. The second kappa shape index (κ2) is 18.9. The van der Waals surface area contributed by atoms with Gasteiger partial charge in [0.15, 0.2) is 25.2 Å². The number of amides is 2. The summed E-state index contributed by atoms with van der Waals surface area (Å²) in [5.41, 5.74) is 0. The van der Waals surface area contributed by atoms with Crippen LogP contribution < -0.4 is 10.6 Å². The molecule has 308 valence electrons. The molecule has 0 spiro atoms. The Hall–Kier alpha value is -1.86. The van der Waals surface area contributed by atoms with Crippen LogP contribution in [0.15, 0.2) is 0 Å². The molecule has 0 saturated carbocycles. The van der Waals surface area contributed by atoms with Gasteiger partial charge in [-0.1, -0.05) is 0 Å². The molecule has 0 aromatic heterocycles. The van der Waals surface area contributed by atoms with E-state index in [1.807, 2.05) is 0 Å². The van der Waals surface area contributed by atoms with E-state index in [2.05, 4.69) is 10.6 Å². The average molecular weight is 779 g/mol. The summed E-state index contributed by atoms with van der Waals surface area (Å²) in [5, 5.41) is 140. The first-order chi connectivity index (χ1) is 25.0. The van der Waals surface area contributed by atoms with E-state index in [1.165, 1.54) is 0 Å². The maximum absolute atomic E-state index is 12.5. The molecule has 21 atom stereocenters. The number of rotatable bonds is 13. The Bertz CT molecular complexity index is 1190. The molecule has 4 fully saturated rings. The van der Waals surface area contributed by atoms with Gasteiger partial charge in [-0.3, -0.25) is 9.59 Å². The number of aliphatic hydroxyl groups is 13. The zero-order chi connectivity index (χ0) is 39.5. The van der Waals surface area contributed by atoms with E-state index in [9.17, 15) is 76.0 Å². The molecular formula is C29H50N2O22. The highest BCUT2D eigenvalue weighted by molar-refractivity contribution is 5.73. The van der Waals surface area contributed by atoms with Crippen LogP contribution in [0.1, 0.15) is 13.8 Å². The molecule has 4 aliphatic rings. The van der Waals surface area contributed by atoms with Crippen LogP contribution in [-0.2, 0) is 42.7 Å². The Kier molecular flexibility index (Phi) is 15.6. The van der Waals surface area contributed by atoms with Crippen molar-refractivity contribution in [1.29, 1.82) is 0 Å². The molecule has 0 unspecified atom stereocenters. The van der Waals surface area contributed by atoms with Crippen molar-refractivity contribution in [3.8, 4) is 0 Å². The van der Waals surface area contributed by atoms with Crippen LogP contribution in [0, 0.1) is 0 Å². The van der Waals surface area contributed by atoms with E-state index in [0.29, 0.717) is 0 Å². The van der Waals surface area contributed by atoms with Gasteiger partial charge in [0.1, 0.15) is 104 Å². The van der Waals surface area contributed by atoms with Gasteiger partial charge in [-0.2, -0.15) is 0 Å². The minimum Gasteiger partial charge on any atom is -0.394 e. The topological polar surface area (TPSA) is 386 Å². The number of hydrogen-bond acceptors (Lipinski definition) is 22. The molecular weight excluding hydrogens is 728 g/mol. The molecule has 0 aliphatic carbocycles. The van der Waals surface area contributed by atoms with E-state index in [1.54, 1.807) is 0 Å². The Morgan fingerprint density at radius 2 is 0.962 bits per heavy atom. The summed E-state index contributed by atoms with van der Waals surface area (Å²) in [5.74, 6) is -1.59. The third-order valence-electron chi connectivity index (χ3n) is 9.33. The van der Waals surface area contributed by atoms with Gasteiger partial charge in [-0.15, -0.1) is 0 Å². The van der Waals surface area contributed by atoms with E-state index >= 15 is 0 Å². The van der Waals surface area contributed by atoms with Crippen LogP contribution in [0.2, 0.25) is 0 Å². The van der Waals surface area contributed by atoms with Gasteiger partial charge in [0.2, 0.25) is 11.8 Å². The predicted molar refractivity (Wildman–Crippen MR) is 163 cm³/mol. The second-order valence-corrected chi connectivity index (χ2v) is 13.1. The highest BCUT2D eigenvalue weighted by atomic mass is 16.7. The van der Waals surface area contributed by atoms with Crippen molar-refractivity contribution in [2.24, 2.45) is 0 Å². The van der Waals surface area contributed by atoms with Crippen molar-refractivity contribution < 1.29 is 109 Å². The third-order valence-corrected chi connectivity index (χ3v) is 9.33. The zero-order valence-electron chi connectivity index (χ0n) is 28.4. The summed E-state index contributed by atoms with van der Waals surface area (Å²) in [6, 6.07) is -3.32. The Morgan fingerprint density at radius 3 is 1.40 bits per heavy atom. The summed E-state index contributed by atoms with van der Waals surface area (Å²) in [4.78, 5) is 24.9. The van der Waals surface area contributed by atoms with Crippen molar-refractivity contribution in [1.82, 2.24) is 10.6 Å². The van der Waals surface area contributed by atoms with Gasteiger partial charge in [-0.05, 0) is 0 Å². The smallest absolute Gasteiger partial charge is 0.217 e. The van der Waals surface area contributed by atoms with Gasteiger partial charge < -0.3 is 110 Å². The molecule has 0 aromatic carbocycles. The van der Waals surface area contributed by atoms with Crippen LogP contribution in [0.5, 0.6) is 0 Å². The quantitative estimate of drug-likeness (QED) is 0.0825. The molecule has 0 radical (unpaired) electrons. The van der Waals surface area contributed by atoms with Crippen molar-refractivity contribution in [3.05, 3.63) is 0 Å². The summed E-state index contributed by atoms with van der Waals surface area (Å²) < 4.78 is 39.5. The Labute approximate surface area is 300 Å². The van der Waals surface area contributed by atoms with Crippen LogP contribution >= 0.6 is 0 Å². The lowest BCUT2D eigenvalue weighted by Gasteiger charge is -2.51. The fourth-order valence-corrected chi connectivity index (χ4v) is 6.57. The first-order valence-corrected chi connectivity index (χ1v) is 16.7. The van der Waals surface area contributed by atoms with Gasteiger partial charge >= 0.3 is 0 Å². The largest absolute Gasteiger partial charge is 0.394 e. The standard InChI is InChI=1S/C29H50N2O22/c1-7(36)30-13-23(16(40)11(5-34)48-28(13)53-25-20(44)22(9(38)3-32)50-26(46)21(25)45)51-27-14(31-8(2)37)24(17(41)12(6-35)47-27)52-29-19(43)18(42)15(39)10(4-33)49-29/h9-29,32-35,38-46H,3-6H2,1-2H3,(H,30,36)(H,31,37)/t9-,10+,11+,12+,13+,14+,15-,16-,17-,18-,19+,20+,21-,22+,23+,24+,25-,26-,27+,28-,29-/m0/s1. The normalized spacial score (nSPS) is 47.1. The summed E-state index contributed by atoms with van der Waals surface area (Å²) >= 11 is 0. The zero-order valence-corrected chi connectivity index (χ0v) is 28.4. The van der Waals surface area contributed by atoms with E-state index < -0.39 is 167 Å². The van der Waals surface area contributed by atoms with E-state index in [0.717, 1.165) is 13.8 Å². The summed E-state index contributed by atoms with van der Waals surface area (Å²) in [7, 11) is 0. The third kappa shape index (κ3) is 9.58. The lowest BCUT2D eigenvalue weighted by atomic mass is 9.93. The minimum atomic E-state index is -2.08. The molecule has 4 aliphatic heterocycles. The molecule has 53 heavy (non-hydrogen) atoms. The number of ether oxygens (including phenoxy) is 7. The van der Waals surface area contributed by atoms with Crippen molar-refractivity contribution >= 4 is 11.8 Å². The molecule has 24 heteroatoms. The molecule has 4 rings (SSSR count). The first-order valence-electron chi connectivity index (χ1n) is 16.7. The first kappa shape index (κ1) is 43.9. The highest BCUT2D eigenvalue weighted by Gasteiger charge is 2.56. The average Bonchev–Trinajstić information content (AvgIpc) is 3.12. The number of carbonyl (C=O) groups excluding carboxylic acids is 2. The number of aliphatic hydroxyl groups excluding tert-OH is 13. The molecule has 2 amide bonds. The Balaban J connectivity index is 1.69. The number of hydrogen-bond donors (Lipinski definition) is 15. The van der Waals surface area contributed by atoms with Crippen LogP contribution in [-0.4, -0.2) is 233 Å². The molecule has 24 nitrogen and oxygen atoms in total. The summed E-state index contributed by atoms with van der Waals surface area (Å²) in [6.07, 6.45) is -34.7. The Morgan fingerprint density at radius 1 is 0.547 bits per heavy atom. The fourth-order valence-electron chi connectivity index (χ4n) is 6.57. The lowest BCUT2D eigenvalue weighted by molar-refractivity contribution is -0.368. The number of carbonyl (C=O) groups is 2. The SMILES string of the molecule is CC(=O)N[C@H]1[C@@H](O[C@H]2[C@@H](O)[C@@H](CO)O[C@@H](O[C@H]3[C@H](O)[C@@H]([C@@H](O)CO)O[C@H](O)[C@H]3O)[C@@H]2NC(C)=O)O[C@H](CO)[C@H](O)[C@@H]1O[C@@H]1O[C@H](CO)[C@H](O)[C@H](O)[C@H]1O. The van der Waals surface area contributed by atoms with E-state index in [-0.39, 0.29) is 0 Å². The summed E-state index contributed by atoms with van der Waals surface area (Å²) in [6.45, 7) is -1.58. The van der Waals surface area contributed by atoms with Crippen molar-refractivity contribution in [2.75, 3.05) is 26.4 Å². The van der Waals surface area contributed by atoms with Crippen LogP contribution in [0.25, 0.3) is 0 Å².